The monoisotopic (exact) mass is 173 g/mol. The van der Waals surface area contributed by atoms with Gasteiger partial charge in [0.1, 0.15) is 0 Å². The van der Waals surface area contributed by atoms with Crippen LogP contribution in [0.4, 0.5) is 0 Å². The van der Waals surface area contributed by atoms with Crippen molar-refractivity contribution in [3.05, 3.63) is 0 Å². The molecule has 72 valence electrons. The van der Waals surface area contributed by atoms with Crippen LogP contribution in [0.1, 0.15) is 20.3 Å². The molecule has 1 rings (SSSR count). The van der Waals surface area contributed by atoms with E-state index in [0.29, 0.717) is 12.1 Å². The zero-order valence-corrected chi connectivity index (χ0v) is 7.99. The van der Waals surface area contributed by atoms with Gasteiger partial charge in [-0.15, -0.1) is 0 Å². The second-order valence-corrected chi connectivity index (χ2v) is 3.55. The number of morpholine rings is 1. The Hall–Kier alpha value is -0.120. The standard InChI is InChI=1S/C9H19NO2/c1-8-6-12-7-9(2)10(8)4-3-5-11/h8-9,11H,3-7H2,1-2H3/t8-,9+. The van der Waals surface area contributed by atoms with E-state index in [1.54, 1.807) is 0 Å². The van der Waals surface area contributed by atoms with E-state index < -0.39 is 0 Å². The molecule has 1 aliphatic rings. The Bertz CT molecular complexity index is 120. The average molecular weight is 173 g/mol. The third-order valence-corrected chi connectivity index (χ3v) is 2.42. The lowest BCUT2D eigenvalue weighted by atomic mass is 10.1. The molecule has 1 heterocycles. The van der Waals surface area contributed by atoms with Gasteiger partial charge in [-0.05, 0) is 20.3 Å². The van der Waals surface area contributed by atoms with E-state index in [4.69, 9.17) is 9.84 Å². The van der Waals surface area contributed by atoms with Crippen LogP contribution in [0.15, 0.2) is 0 Å². The third-order valence-electron chi connectivity index (χ3n) is 2.42. The van der Waals surface area contributed by atoms with Crippen LogP contribution in [-0.2, 0) is 4.74 Å². The summed E-state index contributed by atoms with van der Waals surface area (Å²) in [6.07, 6.45) is 0.870. The van der Waals surface area contributed by atoms with Crippen LogP contribution in [0.25, 0.3) is 0 Å². The summed E-state index contributed by atoms with van der Waals surface area (Å²) < 4.78 is 5.40. The fourth-order valence-electron chi connectivity index (χ4n) is 1.73. The lowest BCUT2D eigenvalue weighted by Crippen LogP contribution is -2.49. The summed E-state index contributed by atoms with van der Waals surface area (Å²) in [5, 5.41) is 8.71. The summed E-state index contributed by atoms with van der Waals surface area (Å²) in [4.78, 5) is 2.40. The van der Waals surface area contributed by atoms with Crippen LogP contribution in [0.5, 0.6) is 0 Å². The highest BCUT2D eigenvalue weighted by Crippen LogP contribution is 2.12. The lowest BCUT2D eigenvalue weighted by Gasteiger charge is -2.38. The molecular weight excluding hydrogens is 154 g/mol. The first-order valence-corrected chi connectivity index (χ1v) is 4.70. The van der Waals surface area contributed by atoms with Gasteiger partial charge in [0.25, 0.3) is 0 Å². The van der Waals surface area contributed by atoms with E-state index >= 15 is 0 Å². The smallest absolute Gasteiger partial charge is 0.0620 e. The number of ether oxygens (including phenoxy) is 1. The van der Waals surface area contributed by atoms with Crippen molar-refractivity contribution in [2.45, 2.75) is 32.4 Å². The van der Waals surface area contributed by atoms with Gasteiger partial charge in [0, 0.05) is 25.2 Å². The molecular formula is C9H19NO2. The highest BCUT2D eigenvalue weighted by molar-refractivity contribution is 4.77. The molecule has 0 unspecified atom stereocenters. The minimum Gasteiger partial charge on any atom is -0.396 e. The van der Waals surface area contributed by atoms with Crippen LogP contribution < -0.4 is 0 Å². The van der Waals surface area contributed by atoms with Crippen molar-refractivity contribution in [3.8, 4) is 0 Å². The maximum Gasteiger partial charge on any atom is 0.0620 e. The number of hydrogen-bond donors (Lipinski definition) is 1. The molecule has 0 aromatic carbocycles. The van der Waals surface area contributed by atoms with Gasteiger partial charge in [-0.3, -0.25) is 4.90 Å². The van der Waals surface area contributed by atoms with Crippen LogP contribution >= 0.6 is 0 Å². The van der Waals surface area contributed by atoms with Gasteiger partial charge < -0.3 is 9.84 Å². The van der Waals surface area contributed by atoms with Crippen molar-refractivity contribution in [3.63, 3.8) is 0 Å². The molecule has 1 N–H and O–H groups in total. The first-order valence-electron chi connectivity index (χ1n) is 4.70. The van der Waals surface area contributed by atoms with Gasteiger partial charge in [0.2, 0.25) is 0 Å². The van der Waals surface area contributed by atoms with Crippen LogP contribution in [0, 0.1) is 0 Å². The Morgan fingerprint density at radius 3 is 2.42 bits per heavy atom. The molecule has 1 fully saturated rings. The van der Waals surface area contributed by atoms with Gasteiger partial charge in [-0.2, -0.15) is 0 Å². The normalized spacial score (nSPS) is 32.2. The number of aliphatic hydroxyl groups is 1. The Balaban J connectivity index is 2.34. The first-order chi connectivity index (χ1) is 5.75. The molecule has 0 aromatic rings. The molecule has 0 spiro atoms. The van der Waals surface area contributed by atoms with Crippen LogP contribution in [0.2, 0.25) is 0 Å². The Kier molecular flexibility index (Phi) is 3.98. The number of aliphatic hydroxyl groups excluding tert-OH is 1. The molecule has 12 heavy (non-hydrogen) atoms. The summed E-state index contributed by atoms with van der Waals surface area (Å²) in [5.41, 5.74) is 0. The highest BCUT2D eigenvalue weighted by Gasteiger charge is 2.24. The zero-order chi connectivity index (χ0) is 8.97. The molecule has 2 atom stereocenters. The summed E-state index contributed by atoms with van der Waals surface area (Å²) in [6.45, 7) is 7.28. The molecule has 3 heteroatoms. The van der Waals surface area contributed by atoms with Crippen molar-refractivity contribution >= 4 is 0 Å². The Labute approximate surface area is 74.3 Å². The molecule has 0 amide bonds. The predicted octanol–water partition coefficient (Wildman–Crippen LogP) is 0.478. The number of nitrogens with zero attached hydrogens (tertiary/aromatic N) is 1. The SMILES string of the molecule is C[C@@H]1COC[C@H](C)N1CCCO. The van der Waals surface area contributed by atoms with Gasteiger partial charge in [0.05, 0.1) is 13.2 Å². The van der Waals surface area contributed by atoms with E-state index in [1.807, 2.05) is 0 Å². The molecule has 0 radical (unpaired) electrons. The van der Waals surface area contributed by atoms with Crippen LogP contribution in [-0.4, -0.2) is 48.5 Å². The second-order valence-electron chi connectivity index (χ2n) is 3.55. The largest absolute Gasteiger partial charge is 0.396 e. The van der Waals surface area contributed by atoms with Gasteiger partial charge >= 0.3 is 0 Å². The quantitative estimate of drug-likeness (QED) is 0.673. The predicted molar refractivity (Wildman–Crippen MR) is 48.2 cm³/mol. The number of rotatable bonds is 3. The Morgan fingerprint density at radius 2 is 1.92 bits per heavy atom. The molecule has 0 aromatic heterocycles. The second kappa shape index (κ2) is 4.80. The summed E-state index contributed by atoms with van der Waals surface area (Å²) >= 11 is 0. The fourth-order valence-corrected chi connectivity index (χ4v) is 1.73. The summed E-state index contributed by atoms with van der Waals surface area (Å²) in [6, 6.07) is 1.00. The van der Waals surface area contributed by atoms with E-state index in [0.717, 1.165) is 26.2 Å². The van der Waals surface area contributed by atoms with E-state index in [1.165, 1.54) is 0 Å². The molecule has 1 aliphatic heterocycles. The lowest BCUT2D eigenvalue weighted by molar-refractivity contribution is -0.0382. The minimum absolute atomic E-state index is 0.288. The molecule has 0 saturated carbocycles. The molecule has 0 aliphatic carbocycles. The summed E-state index contributed by atoms with van der Waals surface area (Å²) in [5.74, 6) is 0. The highest BCUT2D eigenvalue weighted by atomic mass is 16.5. The average Bonchev–Trinajstić information content (AvgIpc) is 2.04. The molecule has 1 saturated heterocycles. The van der Waals surface area contributed by atoms with Crippen molar-refractivity contribution in [1.29, 1.82) is 0 Å². The van der Waals surface area contributed by atoms with Crippen molar-refractivity contribution < 1.29 is 9.84 Å². The molecule has 3 nitrogen and oxygen atoms in total. The van der Waals surface area contributed by atoms with Crippen molar-refractivity contribution in [1.82, 2.24) is 4.90 Å². The maximum atomic E-state index is 8.71. The third kappa shape index (κ3) is 2.44. The first kappa shape index (κ1) is 9.96. The van der Waals surface area contributed by atoms with Gasteiger partial charge in [0.15, 0.2) is 0 Å². The summed E-state index contributed by atoms with van der Waals surface area (Å²) in [7, 11) is 0. The van der Waals surface area contributed by atoms with Crippen LogP contribution in [0.3, 0.4) is 0 Å². The Morgan fingerprint density at radius 1 is 1.33 bits per heavy atom. The van der Waals surface area contributed by atoms with Crippen molar-refractivity contribution in [2.24, 2.45) is 0 Å². The maximum absolute atomic E-state index is 8.71. The van der Waals surface area contributed by atoms with E-state index in [2.05, 4.69) is 18.7 Å². The fraction of sp³-hybridized carbons (Fsp3) is 1.00. The van der Waals surface area contributed by atoms with E-state index in [9.17, 15) is 0 Å². The van der Waals surface area contributed by atoms with Crippen molar-refractivity contribution in [2.75, 3.05) is 26.4 Å². The van der Waals surface area contributed by atoms with Gasteiger partial charge in [-0.25, -0.2) is 0 Å². The molecule has 0 bridgehead atoms. The zero-order valence-electron chi connectivity index (χ0n) is 7.99. The topological polar surface area (TPSA) is 32.7 Å². The van der Waals surface area contributed by atoms with E-state index in [-0.39, 0.29) is 6.61 Å². The number of hydrogen-bond acceptors (Lipinski definition) is 3. The van der Waals surface area contributed by atoms with Gasteiger partial charge in [-0.1, -0.05) is 0 Å². The minimum atomic E-state index is 0.288.